The quantitative estimate of drug-likeness (QED) is 0.483. The largest absolute Gasteiger partial charge is 0.493 e. The van der Waals surface area contributed by atoms with Gasteiger partial charge in [0.1, 0.15) is 23.7 Å². The predicted molar refractivity (Wildman–Crippen MR) is 134 cm³/mol. The molecule has 1 amide bonds. The number of nitrogens with one attached hydrogen (secondary N) is 1. The second-order valence-corrected chi connectivity index (χ2v) is 8.83. The topological polar surface area (TPSA) is 122 Å². The van der Waals surface area contributed by atoms with E-state index in [9.17, 15) is 18.8 Å². The Kier molecular flexibility index (Phi) is 10.4. The smallest absolute Gasteiger partial charge is 0.329 e. The number of amides is 1. The molecule has 1 aromatic heterocycles. The van der Waals surface area contributed by atoms with Crippen molar-refractivity contribution in [3.8, 4) is 17.2 Å². The highest BCUT2D eigenvalue weighted by atomic mass is 19.1. The predicted octanol–water partition coefficient (Wildman–Crippen LogP) is 3.61. The molecule has 4 unspecified atom stereocenters. The monoisotopic (exact) mass is 532 g/mol. The Balaban J connectivity index is 1.81. The van der Waals surface area contributed by atoms with Crippen molar-refractivity contribution < 1.29 is 42.5 Å². The van der Waals surface area contributed by atoms with Gasteiger partial charge in [-0.05, 0) is 44.7 Å². The zero-order valence-corrected chi connectivity index (χ0v) is 21.9. The fraction of sp³-hybridized carbons (Fsp3) is 0.481. The molecule has 3 rings (SSSR count). The molecule has 0 spiro atoms. The summed E-state index contributed by atoms with van der Waals surface area (Å²) in [7, 11) is 1.36. The molecule has 4 atom stereocenters. The molecule has 1 aliphatic rings. The number of esters is 2. The summed E-state index contributed by atoms with van der Waals surface area (Å²) in [6.45, 7) is 5.29. The molecule has 2 heterocycles. The normalized spacial score (nSPS) is 21.8. The molecule has 1 saturated heterocycles. The van der Waals surface area contributed by atoms with Crippen LogP contribution in [0.5, 0.6) is 17.2 Å². The molecule has 0 radical (unpaired) electrons. The van der Waals surface area contributed by atoms with Crippen LogP contribution in [0.15, 0.2) is 36.5 Å². The van der Waals surface area contributed by atoms with E-state index < -0.39 is 48.0 Å². The van der Waals surface area contributed by atoms with Gasteiger partial charge in [-0.25, -0.2) is 14.2 Å². The van der Waals surface area contributed by atoms with Crippen molar-refractivity contribution in [2.75, 3.05) is 13.7 Å². The molecule has 0 aliphatic carbocycles. The molecule has 0 saturated carbocycles. The number of benzene rings is 1. The van der Waals surface area contributed by atoms with Crippen LogP contribution in [0.25, 0.3) is 0 Å². The van der Waals surface area contributed by atoms with E-state index in [0.717, 1.165) is 6.42 Å². The molecule has 2 aromatic rings. The summed E-state index contributed by atoms with van der Waals surface area (Å²) in [5, 5.41) is 2.64. The Morgan fingerprint density at radius 1 is 1.24 bits per heavy atom. The van der Waals surface area contributed by atoms with Gasteiger partial charge in [-0.2, -0.15) is 0 Å². The molecule has 1 fully saturated rings. The number of carbonyl (C=O) groups is 3. The third-order valence-electron chi connectivity index (χ3n) is 5.86. The van der Waals surface area contributed by atoms with Crippen molar-refractivity contribution in [1.29, 1.82) is 0 Å². The highest BCUT2D eigenvalue weighted by Crippen LogP contribution is 2.30. The van der Waals surface area contributed by atoms with Gasteiger partial charge < -0.3 is 29.0 Å². The Morgan fingerprint density at radius 2 is 2.03 bits per heavy atom. The summed E-state index contributed by atoms with van der Waals surface area (Å²) in [6.07, 6.45) is 1.42. The number of ether oxygens (including phenoxy) is 5. The summed E-state index contributed by atoms with van der Waals surface area (Å²) in [4.78, 5) is 41.9. The Morgan fingerprint density at radius 3 is 2.71 bits per heavy atom. The first kappa shape index (κ1) is 28.8. The van der Waals surface area contributed by atoms with Crippen LogP contribution in [0, 0.1) is 5.82 Å². The van der Waals surface area contributed by atoms with Crippen LogP contribution in [0.3, 0.4) is 0 Å². The Bertz CT molecular complexity index is 1130. The van der Waals surface area contributed by atoms with Crippen molar-refractivity contribution in [2.24, 2.45) is 0 Å². The molecule has 0 bridgehead atoms. The minimum absolute atomic E-state index is 0.138. The van der Waals surface area contributed by atoms with Gasteiger partial charge >= 0.3 is 11.9 Å². The van der Waals surface area contributed by atoms with Crippen molar-refractivity contribution in [2.45, 2.75) is 70.8 Å². The van der Waals surface area contributed by atoms with E-state index in [2.05, 4.69) is 10.3 Å². The van der Waals surface area contributed by atoms with Crippen LogP contribution in [0.2, 0.25) is 0 Å². The second-order valence-electron chi connectivity index (χ2n) is 8.83. The zero-order chi connectivity index (χ0) is 27.7. The zero-order valence-electron chi connectivity index (χ0n) is 21.9. The average Bonchev–Trinajstić information content (AvgIpc) is 2.92. The van der Waals surface area contributed by atoms with E-state index in [1.807, 2.05) is 6.92 Å². The van der Waals surface area contributed by atoms with E-state index in [4.69, 9.17) is 23.7 Å². The first-order chi connectivity index (χ1) is 18.2. The van der Waals surface area contributed by atoms with Gasteiger partial charge in [0.15, 0.2) is 17.5 Å². The van der Waals surface area contributed by atoms with E-state index in [1.165, 1.54) is 44.5 Å². The molecule has 10 nitrogen and oxygen atoms in total. The number of aromatic nitrogens is 1. The van der Waals surface area contributed by atoms with Crippen molar-refractivity contribution in [3.63, 3.8) is 0 Å². The van der Waals surface area contributed by atoms with Crippen LogP contribution in [-0.2, 0) is 19.1 Å². The number of rotatable bonds is 9. The van der Waals surface area contributed by atoms with Gasteiger partial charge in [-0.1, -0.05) is 13.0 Å². The van der Waals surface area contributed by atoms with Crippen molar-refractivity contribution >= 4 is 17.8 Å². The van der Waals surface area contributed by atoms with Crippen LogP contribution in [0.4, 0.5) is 4.39 Å². The summed E-state index contributed by atoms with van der Waals surface area (Å²) in [5.41, 5.74) is -0.211. The first-order valence-electron chi connectivity index (χ1n) is 12.5. The molecule has 38 heavy (non-hydrogen) atoms. The maximum atomic E-state index is 13.8. The van der Waals surface area contributed by atoms with E-state index in [-0.39, 0.29) is 29.4 Å². The molecule has 1 N–H and O–H groups in total. The summed E-state index contributed by atoms with van der Waals surface area (Å²) >= 11 is 0. The maximum absolute atomic E-state index is 13.8. The number of pyridine rings is 1. The third kappa shape index (κ3) is 7.64. The fourth-order valence-electron chi connectivity index (χ4n) is 4.11. The molecular formula is C27H33FN2O8. The van der Waals surface area contributed by atoms with E-state index >= 15 is 0 Å². The lowest BCUT2D eigenvalue weighted by atomic mass is 10.0. The summed E-state index contributed by atoms with van der Waals surface area (Å²) in [5.74, 6) is -2.26. The van der Waals surface area contributed by atoms with Gasteiger partial charge in [0, 0.05) is 31.9 Å². The molecule has 206 valence electrons. The van der Waals surface area contributed by atoms with Gasteiger partial charge in [-0.3, -0.25) is 9.59 Å². The van der Waals surface area contributed by atoms with Gasteiger partial charge in [0.2, 0.25) is 5.75 Å². The highest BCUT2D eigenvalue weighted by Gasteiger charge is 2.37. The van der Waals surface area contributed by atoms with E-state index in [1.54, 1.807) is 13.0 Å². The van der Waals surface area contributed by atoms with E-state index in [0.29, 0.717) is 19.4 Å². The number of methoxy groups -OCH3 is 1. The van der Waals surface area contributed by atoms with Crippen LogP contribution < -0.4 is 19.5 Å². The number of hydrogen-bond acceptors (Lipinski definition) is 9. The minimum Gasteiger partial charge on any atom is -0.493 e. The van der Waals surface area contributed by atoms with Crippen LogP contribution in [-0.4, -0.2) is 60.9 Å². The maximum Gasteiger partial charge on any atom is 0.329 e. The Labute approximate surface area is 220 Å². The van der Waals surface area contributed by atoms with Crippen molar-refractivity contribution in [3.05, 3.63) is 48.0 Å². The van der Waals surface area contributed by atoms with Gasteiger partial charge in [-0.15, -0.1) is 0 Å². The lowest BCUT2D eigenvalue weighted by Gasteiger charge is -2.31. The standard InChI is InChI=1S/C27H33FN2O8/c1-5-14-35-22-11-7-10-20(27(33)36-16(2)24(22)38-19-9-6-8-18(28)15-19)30-26(32)23-25(37-17(3)31)21(34-4)12-13-29-23/h6,8-9,12-13,15-16,20,22,24H,5,7,10-11,14H2,1-4H3,(H,30,32). The summed E-state index contributed by atoms with van der Waals surface area (Å²) in [6, 6.07) is 6.14. The third-order valence-corrected chi connectivity index (χ3v) is 5.86. The fourth-order valence-corrected chi connectivity index (χ4v) is 4.11. The lowest BCUT2D eigenvalue weighted by Crippen LogP contribution is -2.46. The number of nitrogens with zero attached hydrogens (tertiary/aromatic N) is 1. The van der Waals surface area contributed by atoms with Gasteiger partial charge in [0.05, 0.1) is 13.2 Å². The lowest BCUT2D eigenvalue weighted by molar-refractivity contribution is -0.159. The molecule has 1 aliphatic heterocycles. The summed E-state index contributed by atoms with van der Waals surface area (Å²) < 4.78 is 41.9. The number of halogens is 1. The SMILES string of the molecule is CCCOC1CCCC(NC(=O)c2nccc(OC)c2OC(C)=O)C(=O)OC(C)C1Oc1cccc(F)c1. The van der Waals surface area contributed by atoms with Crippen molar-refractivity contribution in [1.82, 2.24) is 10.3 Å². The van der Waals surface area contributed by atoms with Crippen LogP contribution >= 0.6 is 0 Å². The molecule has 1 aromatic carbocycles. The van der Waals surface area contributed by atoms with Crippen LogP contribution in [0.1, 0.15) is 56.9 Å². The molecule has 11 heteroatoms. The number of carbonyl (C=O) groups excluding carboxylic acids is 3. The number of hydrogen-bond donors (Lipinski definition) is 1. The Hall–Kier alpha value is -3.73. The number of cyclic esters (lactones) is 1. The average molecular weight is 533 g/mol. The second kappa shape index (κ2) is 13.7. The highest BCUT2D eigenvalue weighted by molar-refractivity contribution is 5.98. The first-order valence-corrected chi connectivity index (χ1v) is 12.5. The minimum atomic E-state index is -1.01. The van der Waals surface area contributed by atoms with Gasteiger partial charge in [0.25, 0.3) is 5.91 Å². The molecular weight excluding hydrogens is 499 g/mol.